The number of amides is 3. The second kappa shape index (κ2) is 9.25. The fourth-order valence-electron chi connectivity index (χ4n) is 6.59. The van der Waals surface area contributed by atoms with E-state index in [4.69, 9.17) is 16.3 Å². The van der Waals surface area contributed by atoms with Crippen molar-refractivity contribution in [3.8, 4) is 0 Å². The molecule has 35 heavy (non-hydrogen) atoms. The molecule has 2 N–H and O–H groups in total. The van der Waals surface area contributed by atoms with Crippen molar-refractivity contribution >= 4 is 35.0 Å². The maximum absolute atomic E-state index is 13.8. The quantitative estimate of drug-likeness (QED) is 0.583. The van der Waals surface area contributed by atoms with Gasteiger partial charge in [-0.25, -0.2) is 0 Å². The summed E-state index contributed by atoms with van der Waals surface area (Å²) >= 11 is 6.08. The summed E-state index contributed by atoms with van der Waals surface area (Å²) in [5, 5.41) is 6.68. The predicted octanol–water partition coefficient (Wildman–Crippen LogP) is 3.78. The Balaban J connectivity index is 1.42. The molecule has 3 heterocycles. The largest absolute Gasteiger partial charge is 0.359 e. The minimum Gasteiger partial charge on any atom is -0.359 e. The summed E-state index contributed by atoms with van der Waals surface area (Å²) in [7, 11) is 0. The number of nitrogens with zero attached hydrogens (tertiary/aromatic N) is 1. The van der Waals surface area contributed by atoms with Crippen molar-refractivity contribution in [1.82, 2.24) is 10.2 Å². The van der Waals surface area contributed by atoms with Crippen LogP contribution in [0.5, 0.6) is 0 Å². The molecule has 5 rings (SSSR count). The first-order chi connectivity index (χ1) is 16.8. The molecule has 3 aliphatic heterocycles. The van der Waals surface area contributed by atoms with Gasteiger partial charge in [-0.1, -0.05) is 63.4 Å². The van der Waals surface area contributed by atoms with Gasteiger partial charge in [-0.2, -0.15) is 0 Å². The van der Waals surface area contributed by atoms with E-state index in [1.807, 2.05) is 19.1 Å². The highest BCUT2D eigenvalue weighted by Crippen LogP contribution is 2.55. The van der Waals surface area contributed by atoms with E-state index in [-0.39, 0.29) is 23.8 Å². The molecule has 0 aromatic heterocycles. The lowest BCUT2D eigenvalue weighted by Gasteiger charge is -2.38. The third-order valence-electron chi connectivity index (χ3n) is 8.52. The van der Waals surface area contributed by atoms with Gasteiger partial charge in [-0.15, -0.1) is 0 Å². The monoisotopic (exact) mass is 499 g/mol. The molecule has 1 saturated carbocycles. The minimum absolute atomic E-state index is 0.0739. The molecular weight excluding hydrogens is 466 g/mol. The Morgan fingerprint density at radius 1 is 1.23 bits per heavy atom. The average Bonchev–Trinajstić information content (AvgIpc) is 3.45. The van der Waals surface area contributed by atoms with Crippen molar-refractivity contribution in [2.45, 2.75) is 70.2 Å². The van der Waals surface area contributed by atoms with Crippen molar-refractivity contribution in [1.29, 1.82) is 0 Å². The van der Waals surface area contributed by atoms with Crippen LogP contribution < -0.4 is 10.6 Å². The van der Waals surface area contributed by atoms with Crippen molar-refractivity contribution in [3.05, 3.63) is 41.4 Å². The SMILES string of the molecule is CCCN1C(=O)[C@@H]2C(C(=O)Nc3cccc(Cl)c3)[C@@H]3C=C[C@]2(O3)C1C(=O)NC1CCCC(C)C1C. The van der Waals surface area contributed by atoms with Gasteiger partial charge in [0.05, 0.1) is 17.9 Å². The molecule has 3 fully saturated rings. The summed E-state index contributed by atoms with van der Waals surface area (Å²) in [6, 6.07) is 6.20. The van der Waals surface area contributed by atoms with E-state index >= 15 is 0 Å². The Morgan fingerprint density at radius 3 is 2.77 bits per heavy atom. The van der Waals surface area contributed by atoms with Crippen LogP contribution in [0.4, 0.5) is 5.69 Å². The molecule has 1 spiro atoms. The maximum atomic E-state index is 13.8. The van der Waals surface area contributed by atoms with Gasteiger partial charge in [0.2, 0.25) is 17.7 Å². The minimum atomic E-state index is -1.12. The number of fused-ring (bicyclic) bond motifs is 1. The van der Waals surface area contributed by atoms with Gasteiger partial charge in [0.1, 0.15) is 11.6 Å². The van der Waals surface area contributed by atoms with Gasteiger partial charge < -0.3 is 20.3 Å². The normalized spacial score (nSPS) is 37.4. The molecule has 7 nitrogen and oxygen atoms in total. The molecule has 0 radical (unpaired) electrons. The molecule has 1 aromatic rings. The van der Waals surface area contributed by atoms with Crippen LogP contribution >= 0.6 is 11.6 Å². The highest BCUT2D eigenvalue weighted by atomic mass is 35.5. The average molecular weight is 500 g/mol. The van der Waals surface area contributed by atoms with E-state index in [1.54, 1.807) is 29.2 Å². The van der Waals surface area contributed by atoms with Crippen LogP contribution in [0.1, 0.15) is 46.5 Å². The van der Waals surface area contributed by atoms with Gasteiger partial charge in [0.25, 0.3) is 0 Å². The number of halogens is 1. The Hall–Kier alpha value is -2.38. The van der Waals surface area contributed by atoms with Crippen molar-refractivity contribution < 1.29 is 19.1 Å². The highest BCUT2D eigenvalue weighted by molar-refractivity contribution is 6.30. The lowest BCUT2D eigenvalue weighted by Crippen LogP contribution is -2.57. The molecule has 5 unspecified atom stereocenters. The Bertz CT molecular complexity index is 1060. The van der Waals surface area contributed by atoms with Crippen LogP contribution in [0.15, 0.2) is 36.4 Å². The van der Waals surface area contributed by atoms with E-state index in [0.29, 0.717) is 35.5 Å². The summed E-state index contributed by atoms with van der Waals surface area (Å²) in [6.07, 6.45) is 7.05. The maximum Gasteiger partial charge on any atom is 0.246 e. The number of carbonyl (C=O) groups excluding carboxylic acids is 3. The fourth-order valence-corrected chi connectivity index (χ4v) is 6.78. The lowest BCUT2D eigenvalue weighted by atomic mass is 9.73. The van der Waals surface area contributed by atoms with Gasteiger partial charge in [0, 0.05) is 23.3 Å². The molecular formula is C27H34ClN3O4. The topological polar surface area (TPSA) is 87.7 Å². The van der Waals surface area contributed by atoms with Crippen LogP contribution in [0.2, 0.25) is 5.02 Å². The van der Waals surface area contributed by atoms with E-state index in [1.165, 1.54) is 6.42 Å². The van der Waals surface area contributed by atoms with E-state index in [0.717, 1.165) is 12.8 Å². The molecule has 2 bridgehead atoms. The number of rotatable bonds is 6. The second-order valence-corrected chi connectivity index (χ2v) is 11.1. The number of hydrogen-bond acceptors (Lipinski definition) is 4. The van der Waals surface area contributed by atoms with Gasteiger partial charge in [-0.05, 0) is 42.9 Å². The first-order valence-electron chi connectivity index (χ1n) is 12.8. The Labute approximate surface area is 211 Å². The third kappa shape index (κ3) is 3.97. The standard InChI is InChI=1S/C27H34ClN3O4/c1-4-13-31-23(25(33)30-19-10-5-7-15(2)16(19)3)27-12-11-20(35-27)21(22(27)26(31)34)24(32)29-18-9-6-8-17(28)14-18/h6,8-9,11-12,14-16,19-23H,4-5,7,10,13H2,1-3H3,(H,29,32)(H,30,33)/t15?,16?,19?,20-,21?,22-,23?,27+/m0/s1. The summed E-state index contributed by atoms with van der Waals surface area (Å²) in [4.78, 5) is 42.6. The zero-order chi connectivity index (χ0) is 24.9. The van der Waals surface area contributed by atoms with Gasteiger partial charge in [-0.3, -0.25) is 14.4 Å². The molecule has 1 aromatic carbocycles. The molecule has 2 saturated heterocycles. The van der Waals surface area contributed by atoms with Crippen LogP contribution in [-0.2, 0) is 19.1 Å². The molecule has 4 aliphatic rings. The number of ether oxygens (including phenoxy) is 1. The van der Waals surface area contributed by atoms with E-state index < -0.39 is 29.6 Å². The van der Waals surface area contributed by atoms with Crippen molar-refractivity contribution in [2.24, 2.45) is 23.7 Å². The Morgan fingerprint density at radius 2 is 2.03 bits per heavy atom. The van der Waals surface area contributed by atoms with Crippen LogP contribution in [0, 0.1) is 23.7 Å². The number of anilines is 1. The number of hydrogen-bond donors (Lipinski definition) is 2. The molecule has 1 aliphatic carbocycles. The molecule has 8 atom stereocenters. The summed E-state index contributed by atoms with van der Waals surface area (Å²) in [6.45, 7) is 6.84. The summed E-state index contributed by atoms with van der Waals surface area (Å²) < 4.78 is 6.38. The number of carbonyl (C=O) groups is 3. The third-order valence-corrected chi connectivity index (χ3v) is 8.75. The molecule has 8 heteroatoms. The number of benzene rings is 1. The van der Waals surface area contributed by atoms with E-state index in [9.17, 15) is 14.4 Å². The van der Waals surface area contributed by atoms with E-state index in [2.05, 4.69) is 24.5 Å². The number of likely N-dealkylation sites (tertiary alicyclic amines) is 1. The molecule has 3 amide bonds. The number of nitrogens with one attached hydrogen (secondary N) is 2. The predicted molar refractivity (Wildman–Crippen MR) is 134 cm³/mol. The first kappa shape index (κ1) is 24.3. The van der Waals surface area contributed by atoms with Gasteiger partial charge in [0.15, 0.2) is 0 Å². The second-order valence-electron chi connectivity index (χ2n) is 10.6. The van der Waals surface area contributed by atoms with Crippen molar-refractivity contribution in [2.75, 3.05) is 11.9 Å². The summed E-state index contributed by atoms with van der Waals surface area (Å²) in [5.41, 5.74) is -0.560. The van der Waals surface area contributed by atoms with Crippen LogP contribution in [-0.4, -0.2) is 53.0 Å². The fraction of sp³-hybridized carbons (Fsp3) is 0.593. The highest BCUT2D eigenvalue weighted by Gasteiger charge is 2.72. The zero-order valence-corrected chi connectivity index (χ0v) is 21.3. The lowest BCUT2D eigenvalue weighted by molar-refractivity contribution is -0.141. The van der Waals surface area contributed by atoms with Crippen LogP contribution in [0.3, 0.4) is 0 Å². The Kier molecular flexibility index (Phi) is 6.43. The van der Waals surface area contributed by atoms with Crippen LogP contribution in [0.25, 0.3) is 0 Å². The zero-order valence-electron chi connectivity index (χ0n) is 20.5. The van der Waals surface area contributed by atoms with Crippen molar-refractivity contribution in [3.63, 3.8) is 0 Å². The first-order valence-corrected chi connectivity index (χ1v) is 13.2. The smallest absolute Gasteiger partial charge is 0.246 e. The molecule has 188 valence electrons. The summed E-state index contributed by atoms with van der Waals surface area (Å²) in [5.74, 6) is -1.20. The van der Waals surface area contributed by atoms with Gasteiger partial charge >= 0.3 is 0 Å².